The third kappa shape index (κ3) is 2.71. The van der Waals surface area contributed by atoms with Crippen molar-refractivity contribution in [3.05, 3.63) is 30.0 Å². The van der Waals surface area contributed by atoms with Crippen LogP contribution in [0.25, 0.3) is 10.9 Å². The van der Waals surface area contributed by atoms with Crippen LogP contribution in [0.15, 0.2) is 24.3 Å². The molecule has 0 amide bonds. The van der Waals surface area contributed by atoms with Crippen LogP contribution in [0.2, 0.25) is 0 Å². The molecule has 1 aliphatic heterocycles. The average molecular weight is 291 g/mol. The van der Waals surface area contributed by atoms with Crippen molar-refractivity contribution >= 4 is 22.7 Å². The lowest BCUT2D eigenvalue weighted by Crippen LogP contribution is -2.42. The van der Waals surface area contributed by atoms with Crippen LogP contribution >= 0.6 is 11.8 Å². The largest absolute Gasteiger partial charge is 0.375 e. The molecule has 1 aromatic heterocycles. The van der Waals surface area contributed by atoms with E-state index in [0.717, 1.165) is 36.8 Å². The number of aryl methyl sites for hydroxylation is 1. The van der Waals surface area contributed by atoms with E-state index < -0.39 is 0 Å². The van der Waals surface area contributed by atoms with E-state index in [1.165, 1.54) is 10.9 Å². The predicted molar refractivity (Wildman–Crippen MR) is 84.2 cm³/mol. The van der Waals surface area contributed by atoms with E-state index in [0.29, 0.717) is 0 Å². The van der Waals surface area contributed by atoms with Crippen molar-refractivity contribution in [1.29, 1.82) is 0 Å². The van der Waals surface area contributed by atoms with Gasteiger partial charge < -0.3 is 10.5 Å². The molecule has 20 heavy (non-hydrogen) atoms. The number of nitrogens with zero attached hydrogens (tertiary/aromatic N) is 2. The predicted octanol–water partition coefficient (Wildman–Crippen LogP) is 2.06. The number of hydrogen-bond donors (Lipinski definition) is 1. The molecule has 1 fully saturated rings. The summed E-state index contributed by atoms with van der Waals surface area (Å²) in [5.74, 6) is 2.07. The second kappa shape index (κ2) is 6.16. The van der Waals surface area contributed by atoms with Gasteiger partial charge in [0.1, 0.15) is 0 Å². The first-order valence-electron chi connectivity index (χ1n) is 7.19. The Balaban J connectivity index is 1.83. The number of nitrogens with two attached hydrogens (primary N) is 1. The highest BCUT2D eigenvalue weighted by atomic mass is 32.2. The van der Waals surface area contributed by atoms with Crippen molar-refractivity contribution in [1.82, 2.24) is 9.78 Å². The summed E-state index contributed by atoms with van der Waals surface area (Å²) in [6.07, 6.45) is 0.929. The molecule has 2 N–H and O–H groups in total. The van der Waals surface area contributed by atoms with Crippen molar-refractivity contribution in [2.24, 2.45) is 5.73 Å². The number of para-hydroxylation sites is 1. The molecule has 0 aliphatic carbocycles. The Morgan fingerprint density at radius 1 is 1.50 bits per heavy atom. The lowest BCUT2D eigenvalue weighted by Gasteiger charge is -2.27. The summed E-state index contributed by atoms with van der Waals surface area (Å²) >= 11 is 1.92. The number of aromatic nitrogens is 2. The average Bonchev–Trinajstić information content (AvgIpc) is 2.86. The van der Waals surface area contributed by atoms with E-state index >= 15 is 0 Å². The Morgan fingerprint density at radius 3 is 3.10 bits per heavy atom. The fourth-order valence-electron chi connectivity index (χ4n) is 2.70. The van der Waals surface area contributed by atoms with Gasteiger partial charge in [-0.25, -0.2) is 0 Å². The molecule has 2 unspecified atom stereocenters. The molecule has 3 rings (SSSR count). The monoisotopic (exact) mass is 291 g/mol. The van der Waals surface area contributed by atoms with E-state index in [9.17, 15) is 0 Å². The maximum Gasteiger partial charge on any atom is 0.0820 e. The number of hydrogen-bond acceptors (Lipinski definition) is 4. The molecule has 2 heterocycles. The highest BCUT2D eigenvalue weighted by Gasteiger charge is 2.23. The van der Waals surface area contributed by atoms with Gasteiger partial charge in [0.2, 0.25) is 0 Å². The maximum atomic E-state index is 6.33. The second-order valence-corrected chi connectivity index (χ2v) is 6.28. The van der Waals surface area contributed by atoms with Crippen LogP contribution in [0, 0.1) is 0 Å². The Morgan fingerprint density at radius 2 is 2.35 bits per heavy atom. The topological polar surface area (TPSA) is 53.1 Å². The maximum absolute atomic E-state index is 6.33. The first kappa shape index (κ1) is 13.9. The van der Waals surface area contributed by atoms with Gasteiger partial charge in [-0.15, -0.1) is 0 Å². The Bertz CT molecular complexity index is 578. The van der Waals surface area contributed by atoms with Crippen LogP contribution < -0.4 is 5.73 Å². The van der Waals surface area contributed by atoms with Crippen molar-refractivity contribution in [3.63, 3.8) is 0 Å². The number of fused-ring (bicyclic) bond motifs is 1. The molecule has 2 aromatic rings. The zero-order valence-electron chi connectivity index (χ0n) is 11.8. The first-order chi connectivity index (χ1) is 9.79. The van der Waals surface area contributed by atoms with Gasteiger partial charge in [0, 0.05) is 35.9 Å². The van der Waals surface area contributed by atoms with Gasteiger partial charge in [-0.3, -0.25) is 4.68 Å². The van der Waals surface area contributed by atoms with Gasteiger partial charge in [-0.05, 0) is 13.0 Å². The van der Waals surface area contributed by atoms with Gasteiger partial charge in [-0.1, -0.05) is 18.2 Å². The number of rotatable bonds is 4. The highest BCUT2D eigenvalue weighted by Crippen LogP contribution is 2.22. The normalized spacial score (nSPS) is 21.2. The summed E-state index contributed by atoms with van der Waals surface area (Å²) in [6, 6.07) is 8.39. The van der Waals surface area contributed by atoms with E-state index in [1.807, 2.05) is 16.4 Å². The summed E-state index contributed by atoms with van der Waals surface area (Å²) < 4.78 is 7.83. The summed E-state index contributed by atoms with van der Waals surface area (Å²) in [4.78, 5) is 0. The molecule has 2 atom stereocenters. The minimum atomic E-state index is 0.0198. The molecule has 1 aromatic carbocycles. The molecule has 5 heteroatoms. The molecule has 0 bridgehead atoms. The van der Waals surface area contributed by atoms with Crippen LogP contribution in [0.5, 0.6) is 0 Å². The zero-order chi connectivity index (χ0) is 13.9. The number of benzene rings is 1. The number of thioether (sulfide) groups is 1. The van der Waals surface area contributed by atoms with Crippen molar-refractivity contribution < 1.29 is 4.74 Å². The van der Waals surface area contributed by atoms with E-state index in [2.05, 4.69) is 31.2 Å². The zero-order valence-corrected chi connectivity index (χ0v) is 12.6. The Labute approximate surface area is 123 Å². The molecule has 4 nitrogen and oxygen atoms in total. The third-order valence-corrected chi connectivity index (χ3v) is 4.80. The fourth-order valence-corrected chi connectivity index (χ4v) is 3.65. The minimum Gasteiger partial charge on any atom is -0.375 e. The van der Waals surface area contributed by atoms with Gasteiger partial charge in [0.15, 0.2) is 0 Å². The molecular formula is C15H21N3OS. The van der Waals surface area contributed by atoms with Crippen LogP contribution in [-0.4, -0.2) is 40.0 Å². The Hall–Kier alpha value is -1.04. The minimum absolute atomic E-state index is 0.0198. The molecule has 1 saturated heterocycles. The van der Waals surface area contributed by atoms with Gasteiger partial charge >= 0.3 is 0 Å². The van der Waals surface area contributed by atoms with Crippen LogP contribution in [0.4, 0.5) is 0 Å². The Kier molecular flexibility index (Phi) is 4.29. The first-order valence-corrected chi connectivity index (χ1v) is 8.34. The smallest absolute Gasteiger partial charge is 0.0820 e. The third-order valence-electron chi connectivity index (χ3n) is 3.78. The van der Waals surface area contributed by atoms with Crippen LogP contribution in [0.1, 0.15) is 12.6 Å². The van der Waals surface area contributed by atoms with Crippen LogP contribution in [0.3, 0.4) is 0 Å². The number of ether oxygens (including phenoxy) is 1. The lowest BCUT2D eigenvalue weighted by molar-refractivity contribution is 0.0570. The standard InChI is InChI=1S/C15H21N3OS/c1-2-18-14-6-4-3-5-11(14)13(17-18)9-12(16)15-10-20-8-7-19-15/h3-6,12,15H,2,7-10,16H2,1H3. The van der Waals surface area contributed by atoms with Gasteiger partial charge in [0.05, 0.1) is 23.9 Å². The van der Waals surface area contributed by atoms with E-state index in [-0.39, 0.29) is 12.1 Å². The fraction of sp³-hybridized carbons (Fsp3) is 0.533. The molecule has 0 radical (unpaired) electrons. The second-order valence-electron chi connectivity index (χ2n) is 5.13. The molecule has 0 saturated carbocycles. The van der Waals surface area contributed by atoms with E-state index in [4.69, 9.17) is 15.6 Å². The summed E-state index contributed by atoms with van der Waals surface area (Å²) in [5, 5.41) is 5.93. The molecular weight excluding hydrogens is 270 g/mol. The van der Waals surface area contributed by atoms with E-state index in [1.54, 1.807) is 0 Å². The van der Waals surface area contributed by atoms with Gasteiger partial charge in [0.25, 0.3) is 0 Å². The van der Waals surface area contributed by atoms with Crippen molar-refractivity contribution in [3.8, 4) is 0 Å². The summed E-state index contributed by atoms with van der Waals surface area (Å²) in [5.41, 5.74) is 8.62. The lowest BCUT2D eigenvalue weighted by atomic mass is 10.0. The summed E-state index contributed by atoms with van der Waals surface area (Å²) in [6.45, 7) is 3.81. The summed E-state index contributed by atoms with van der Waals surface area (Å²) in [7, 11) is 0. The molecule has 0 spiro atoms. The SMILES string of the molecule is CCn1nc(CC(N)C2CSCCO2)c2ccccc21. The van der Waals surface area contributed by atoms with Gasteiger partial charge in [-0.2, -0.15) is 16.9 Å². The molecule has 108 valence electrons. The quantitative estimate of drug-likeness (QED) is 0.937. The highest BCUT2D eigenvalue weighted by molar-refractivity contribution is 7.99. The molecule has 1 aliphatic rings. The van der Waals surface area contributed by atoms with Crippen molar-refractivity contribution in [2.45, 2.75) is 32.0 Å². The van der Waals surface area contributed by atoms with Crippen LogP contribution in [-0.2, 0) is 17.7 Å². The van der Waals surface area contributed by atoms with Crippen molar-refractivity contribution in [2.75, 3.05) is 18.1 Å².